The van der Waals surface area contributed by atoms with E-state index in [2.05, 4.69) is 10.2 Å². The maximum atomic E-state index is 13.7. The number of alkyl halides is 3. The van der Waals surface area contributed by atoms with Crippen molar-refractivity contribution in [3.8, 4) is 0 Å². The third-order valence-corrected chi connectivity index (χ3v) is 6.69. The summed E-state index contributed by atoms with van der Waals surface area (Å²) in [5.41, 5.74) is 0.161. The summed E-state index contributed by atoms with van der Waals surface area (Å²) >= 11 is 0. The minimum absolute atomic E-state index is 0.0151. The number of fused-ring (bicyclic) bond motifs is 1. The summed E-state index contributed by atoms with van der Waals surface area (Å²) in [5, 5.41) is 8.31. The molecule has 33 heavy (non-hydrogen) atoms. The first-order valence-corrected chi connectivity index (χ1v) is 10.7. The van der Waals surface area contributed by atoms with Crippen molar-refractivity contribution in [2.24, 2.45) is 13.0 Å². The lowest BCUT2D eigenvalue weighted by molar-refractivity contribution is -0.138. The first-order chi connectivity index (χ1) is 15.8. The largest absolute Gasteiger partial charge is 0.416 e. The van der Waals surface area contributed by atoms with Crippen LogP contribution in [-0.2, 0) is 19.8 Å². The van der Waals surface area contributed by atoms with Crippen LogP contribution in [0.5, 0.6) is 0 Å². The Morgan fingerprint density at radius 3 is 2.58 bits per heavy atom. The van der Waals surface area contributed by atoms with E-state index >= 15 is 0 Å². The van der Waals surface area contributed by atoms with E-state index in [9.17, 15) is 22.8 Å². The molecule has 1 amide bonds. The van der Waals surface area contributed by atoms with Crippen LogP contribution in [0.2, 0.25) is 0 Å². The van der Waals surface area contributed by atoms with E-state index in [4.69, 9.17) is 0 Å². The zero-order valence-corrected chi connectivity index (χ0v) is 17.8. The molecular formula is C24H21F3N4O2. The Balaban J connectivity index is 1.54. The Labute approximate surface area is 188 Å². The van der Waals surface area contributed by atoms with Crippen molar-refractivity contribution in [1.82, 2.24) is 14.8 Å². The molecule has 0 saturated heterocycles. The van der Waals surface area contributed by atoms with Crippen LogP contribution in [0.4, 0.5) is 18.9 Å². The second-order valence-electron chi connectivity index (χ2n) is 8.67. The van der Waals surface area contributed by atoms with E-state index in [-0.39, 0.29) is 29.2 Å². The number of aromatic nitrogens is 3. The van der Waals surface area contributed by atoms with Gasteiger partial charge in [-0.05, 0) is 54.2 Å². The minimum Gasteiger partial charge on any atom is -0.320 e. The average Bonchev–Trinajstić information content (AvgIpc) is 3.32. The van der Waals surface area contributed by atoms with Crippen LogP contribution in [0.15, 0.2) is 42.7 Å². The molecule has 1 aliphatic heterocycles. The molecule has 2 aliphatic rings. The Bertz CT molecular complexity index is 1250. The van der Waals surface area contributed by atoms with E-state index < -0.39 is 17.6 Å². The van der Waals surface area contributed by atoms with Crippen molar-refractivity contribution in [3.05, 3.63) is 76.4 Å². The van der Waals surface area contributed by atoms with Gasteiger partial charge in [-0.3, -0.25) is 9.59 Å². The fourth-order valence-corrected chi connectivity index (χ4v) is 4.83. The molecule has 3 aromatic rings. The van der Waals surface area contributed by atoms with Gasteiger partial charge >= 0.3 is 6.18 Å². The molecule has 9 heteroatoms. The number of nitrogens with zero attached hydrogens (tertiary/aromatic N) is 4. The SMILES string of the molecule is Cn1cnnc1[C@H](c1cccc(N2Cc3c(cc(C=O)cc3C(F)(F)F)C2=O)c1)C1CCC1. The molecular weight excluding hydrogens is 433 g/mol. The smallest absolute Gasteiger partial charge is 0.320 e. The van der Waals surface area contributed by atoms with Gasteiger partial charge in [0.2, 0.25) is 0 Å². The highest BCUT2D eigenvalue weighted by atomic mass is 19.4. The Kier molecular flexibility index (Phi) is 5.07. The van der Waals surface area contributed by atoms with Gasteiger partial charge in [-0.25, -0.2) is 0 Å². The third kappa shape index (κ3) is 3.61. The molecule has 1 aromatic heterocycles. The molecule has 0 N–H and O–H groups in total. The number of carbonyl (C=O) groups excluding carboxylic acids is 2. The summed E-state index contributed by atoms with van der Waals surface area (Å²) in [4.78, 5) is 25.7. The Morgan fingerprint density at radius 1 is 1.18 bits per heavy atom. The van der Waals surface area contributed by atoms with Crippen molar-refractivity contribution in [2.75, 3.05) is 4.90 Å². The quantitative estimate of drug-likeness (QED) is 0.523. The number of hydrogen-bond donors (Lipinski definition) is 0. The third-order valence-electron chi connectivity index (χ3n) is 6.69. The summed E-state index contributed by atoms with van der Waals surface area (Å²) in [5.74, 6) is 0.651. The van der Waals surface area contributed by atoms with Crippen LogP contribution in [0, 0.1) is 5.92 Å². The molecule has 1 atom stereocenters. The second kappa shape index (κ2) is 7.83. The Morgan fingerprint density at radius 2 is 1.97 bits per heavy atom. The standard InChI is InChI=1S/C24H21F3N4O2/c1-30-13-28-29-22(30)21(15-4-2-5-15)16-6-3-7-17(10-16)31-11-19-18(23(31)33)8-14(12-32)9-20(19)24(25,26)27/h3,6-10,12-13,15,21H,2,4-5,11H2,1H3/t21-/m0/s1. The van der Waals surface area contributed by atoms with Gasteiger partial charge in [0.15, 0.2) is 0 Å². The van der Waals surface area contributed by atoms with Crippen LogP contribution in [-0.4, -0.2) is 27.0 Å². The van der Waals surface area contributed by atoms with E-state index in [1.54, 1.807) is 12.4 Å². The van der Waals surface area contributed by atoms with Crippen molar-refractivity contribution >= 4 is 17.9 Å². The van der Waals surface area contributed by atoms with Gasteiger partial charge in [-0.15, -0.1) is 10.2 Å². The fraction of sp³-hybridized carbons (Fsp3) is 0.333. The van der Waals surface area contributed by atoms with Gasteiger partial charge in [0.1, 0.15) is 18.4 Å². The monoisotopic (exact) mass is 454 g/mol. The van der Waals surface area contributed by atoms with Gasteiger partial charge in [0.05, 0.1) is 12.1 Å². The normalized spacial score (nSPS) is 17.1. The van der Waals surface area contributed by atoms with Crippen LogP contribution in [0.25, 0.3) is 0 Å². The van der Waals surface area contributed by atoms with E-state index in [0.29, 0.717) is 17.9 Å². The lowest BCUT2D eigenvalue weighted by atomic mass is 9.72. The second-order valence-corrected chi connectivity index (χ2v) is 8.67. The molecule has 2 aromatic carbocycles. The molecule has 5 rings (SSSR count). The number of amides is 1. The number of halogens is 3. The summed E-state index contributed by atoms with van der Waals surface area (Å²) in [6.45, 7) is -0.205. The summed E-state index contributed by atoms with van der Waals surface area (Å²) in [7, 11) is 1.88. The topological polar surface area (TPSA) is 68.1 Å². The molecule has 170 valence electrons. The maximum Gasteiger partial charge on any atom is 0.416 e. The number of benzene rings is 2. The van der Waals surface area contributed by atoms with Crippen molar-refractivity contribution in [1.29, 1.82) is 0 Å². The maximum absolute atomic E-state index is 13.7. The number of aldehydes is 1. The molecule has 6 nitrogen and oxygen atoms in total. The van der Waals surface area contributed by atoms with Crippen LogP contribution in [0.1, 0.15) is 68.4 Å². The number of aryl methyl sites for hydroxylation is 1. The minimum atomic E-state index is -4.66. The van der Waals surface area contributed by atoms with Gasteiger partial charge in [-0.2, -0.15) is 13.2 Å². The molecule has 0 bridgehead atoms. The molecule has 1 fully saturated rings. The van der Waals surface area contributed by atoms with Crippen LogP contribution < -0.4 is 4.90 Å². The predicted octanol–water partition coefficient (Wildman–Crippen LogP) is 4.74. The van der Waals surface area contributed by atoms with E-state index in [1.807, 2.05) is 29.8 Å². The highest BCUT2D eigenvalue weighted by Gasteiger charge is 2.41. The molecule has 0 unspecified atom stereocenters. The summed E-state index contributed by atoms with van der Waals surface area (Å²) < 4.78 is 42.8. The van der Waals surface area contributed by atoms with Gasteiger partial charge in [0, 0.05) is 29.8 Å². The van der Waals surface area contributed by atoms with Crippen molar-refractivity contribution in [2.45, 2.75) is 37.9 Å². The molecule has 0 spiro atoms. The van der Waals surface area contributed by atoms with E-state index in [0.717, 1.165) is 36.7 Å². The van der Waals surface area contributed by atoms with Crippen molar-refractivity contribution in [3.63, 3.8) is 0 Å². The lowest BCUT2D eigenvalue weighted by Gasteiger charge is -2.33. The first-order valence-electron chi connectivity index (χ1n) is 10.7. The van der Waals surface area contributed by atoms with Crippen molar-refractivity contribution < 1.29 is 22.8 Å². The highest BCUT2D eigenvalue weighted by Crippen LogP contribution is 2.44. The first kappa shape index (κ1) is 21.4. The average molecular weight is 454 g/mol. The molecule has 2 heterocycles. The summed E-state index contributed by atoms with van der Waals surface area (Å²) in [6.07, 6.45) is 0.559. The zero-order chi connectivity index (χ0) is 23.3. The molecule has 1 saturated carbocycles. The molecule has 1 aliphatic carbocycles. The van der Waals surface area contributed by atoms with Gasteiger partial charge in [-0.1, -0.05) is 18.6 Å². The number of anilines is 1. The predicted molar refractivity (Wildman–Crippen MR) is 114 cm³/mol. The van der Waals surface area contributed by atoms with E-state index in [1.165, 1.54) is 11.0 Å². The number of hydrogen-bond acceptors (Lipinski definition) is 4. The molecule has 0 radical (unpaired) electrons. The lowest BCUT2D eigenvalue weighted by Crippen LogP contribution is -2.25. The van der Waals surface area contributed by atoms with Crippen LogP contribution >= 0.6 is 0 Å². The summed E-state index contributed by atoms with van der Waals surface area (Å²) in [6, 6.07) is 9.39. The number of rotatable bonds is 5. The van der Waals surface area contributed by atoms with Crippen LogP contribution in [0.3, 0.4) is 0 Å². The highest BCUT2D eigenvalue weighted by molar-refractivity contribution is 6.11. The zero-order valence-electron chi connectivity index (χ0n) is 17.8. The fourth-order valence-electron chi connectivity index (χ4n) is 4.83. The number of carbonyl (C=O) groups is 2. The van der Waals surface area contributed by atoms with Gasteiger partial charge < -0.3 is 9.47 Å². The Hall–Kier alpha value is -3.49. The van der Waals surface area contributed by atoms with Gasteiger partial charge in [0.25, 0.3) is 5.91 Å².